The number of nitrogens with two attached hydrogens (primary N) is 1. The van der Waals surface area contributed by atoms with E-state index in [-0.39, 0.29) is 12.2 Å². The van der Waals surface area contributed by atoms with Crippen molar-refractivity contribution >= 4 is 5.69 Å². The minimum atomic E-state index is -2.96. The molecule has 1 rings (SSSR count). The SMILES string of the molecule is COc1c([N+](=O)[O-])cc(CN)nc1C(F)F. The summed E-state index contributed by atoms with van der Waals surface area (Å²) in [6.45, 7) is -0.162. The van der Waals surface area contributed by atoms with Crippen molar-refractivity contribution in [3.8, 4) is 5.75 Å². The van der Waals surface area contributed by atoms with Crippen molar-refractivity contribution in [2.75, 3.05) is 7.11 Å². The summed E-state index contributed by atoms with van der Waals surface area (Å²) >= 11 is 0. The molecule has 0 aliphatic rings. The maximum absolute atomic E-state index is 12.6. The summed E-state index contributed by atoms with van der Waals surface area (Å²) in [5.41, 5.74) is 3.90. The number of aromatic nitrogens is 1. The van der Waals surface area contributed by atoms with E-state index >= 15 is 0 Å². The molecule has 0 unspecified atom stereocenters. The Bertz CT molecular complexity index is 412. The maximum atomic E-state index is 12.6. The van der Waals surface area contributed by atoms with Crippen molar-refractivity contribution in [3.63, 3.8) is 0 Å². The minimum Gasteiger partial charge on any atom is -0.489 e. The fourth-order valence-corrected chi connectivity index (χ4v) is 1.19. The molecule has 0 saturated carbocycles. The van der Waals surface area contributed by atoms with Crippen molar-refractivity contribution in [2.24, 2.45) is 5.73 Å². The van der Waals surface area contributed by atoms with Gasteiger partial charge in [-0.15, -0.1) is 0 Å². The number of ether oxygens (including phenoxy) is 1. The summed E-state index contributed by atoms with van der Waals surface area (Å²) in [6, 6.07) is 1.02. The molecule has 1 aromatic heterocycles. The van der Waals surface area contributed by atoms with Crippen LogP contribution in [-0.2, 0) is 6.54 Å². The van der Waals surface area contributed by atoms with E-state index in [0.29, 0.717) is 0 Å². The lowest BCUT2D eigenvalue weighted by Crippen LogP contribution is -2.07. The van der Waals surface area contributed by atoms with Gasteiger partial charge in [0.15, 0.2) is 5.69 Å². The van der Waals surface area contributed by atoms with Crippen LogP contribution in [0.2, 0.25) is 0 Å². The van der Waals surface area contributed by atoms with E-state index in [1.165, 1.54) is 0 Å². The molecule has 0 fully saturated rings. The van der Waals surface area contributed by atoms with Crippen LogP contribution >= 0.6 is 0 Å². The van der Waals surface area contributed by atoms with Gasteiger partial charge < -0.3 is 10.5 Å². The number of nitrogens with zero attached hydrogens (tertiary/aromatic N) is 2. The summed E-state index contributed by atoms with van der Waals surface area (Å²) < 4.78 is 29.7. The maximum Gasteiger partial charge on any atom is 0.314 e. The number of alkyl halides is 2. The summed E-state index contributed by atoms with van der Waals surface area (Å²) in [5, 5.41) is 10.6. The predicted molar refractivity (Wildman–Crippen MR) is 50.3 cm³/mol. The van der Waals surface area contributed by atoms with Gasteiger partial charge in [-0.05, 0) is 0 Å². The van der Waals surface area contributed by atoms with E-state index in [0.717, 1.165) is 13.2 Å². The Balaban J connectivity index is 3.46. The van der Waals surface area contributed by atoms with Gasteiger partial charge in [-0.3, -0.25) is 10.1 Å². The van der Waals surface area contributed by atoms with E-state index < -0.39 is 28.5 Å². The molecule has 0 radical (unpaired) electrons. The van der Waals surface area contributed by atoms with Gasteiger partial charge in [0.05, 0.1) is 17.7 Å². The Labute approximate surface area is 89.2 Å². The highest BCUT2D eigenvalue weighted by molar-refractivity contribution is 5.50. The molecule has 8 heteroatoms. The Morgan fingerprint density at radius 3 is 2.69 bits per heavy atom. The van der Waals surface area contributed by atoms with E-state index in [1.54, 1.807) is 0 Å². The first kappa shape index (κ1) is 12.2. The fourth-order valence-electron chi connectivity index (χ4n) is 1.19. The molecular weight excluding hydrogens is 224 g/mol. The number of nitro groups is 1. The van der Waals surface area contributed by atoms with Gasteiger partial charge >= 0.3 is 5.69 Å². The molecule has 16 heavy (non-hydrogen) atoms. The van der Waals surface area contributed by atoms with Crippen LogP contribution < -0.4 is 10.5 Å². The van der Waals surface area contributed by atoms with Gasteiger partial charge in [-0.2, -0.15) is 0 Å². The molecule has 1 aromatic rings. The van der Waals surface area contributed by atoms with Crippen molar-refractivity contribution in [1.29, 1.82) is 0 Å². The number of pyridine rings is 1. The number of hydrogen-bond acceptors (Lipinski definition) is 5. The van der Waals surface area contributed by atoms with Gasteiger partial charge in [0, 0.05) is 12.6 Å². The van der Waals surface area contributed by atoms with Crippen molar-refractivity contribution < 1.29 is 18.4 Å². The standard InChI is InChI=1S/C8H9F2N3O3/c1-16-7-5(13(14)15)2-4(3-11)12-6(7)8(9)10/h2,8H,3,11H2,1H3. The van der Waals surface area contributed by atoms with Crippen LogP contribution in [0.15, 0.2) is 6.07 Å². The Hall–Kier alpha value is -1.83. The smallest absolute Gasteiger partial charge is 0.314 e. The molecule has 1 heterocycles. The van der Waals surface area contributed by atoms with Gasteiger partial charge in [0.2, 0.25) is 5.75 Å². The molecule has 0 atom stereocenters. The van der Waals surface area contributed by atoms with E-state index in [4.69, 9.17) is 5.73 Å². The van der Waals surface area contributed by atoms with Crippen LogP contribution in [0, 0.1) is 10.1 Å². The Morgan fingerprint density at radius 2 is 2.31 bits per heavy atom. The lowest BCUT2D eigenvalue weighted by molar-refractivity contribution is -0.386. The fraction of sp³-hybridized carbons (Fsp3) is 0.375. The highest BCUT2D eigenvalue weighted by Gasteiger charge is 2.26. The van der Waals surface area contributed by atoms with Crippen LogP contribution in [-0.4, -0.2) is 17.0 Å². The third-order valence-electron chi connectivity index (χ3n) is 1.85. The third kappa shape index (κ3) is 2.22. The zero-order valence-corrected chi connectivity index (χ0v) is 8.31. The molecule has 0 saturated heterocycles. The van der Waals surface area contributed by atoms with Gasteiger partial charge in [-0.25, -0.2) is 13.8 Å². The first-order valence-corrected chi connectivity index (χ1v) is 4.21. The second-order valence-electron chi connectivity index (χ2n) is 2.81. The normalized spacial score (nSPS) is 10.6. The van der Waals surface area contributed by atoms with Crippen LogP contribution in [0.1, 0.15) is 17.8 Å². The number of halogens is 2. The summed E-state index contributed by atoms with van der Waals surface area (Å²) in [5.74, 6) is -0.530. The average molecular weight is 233 g/mol. The zero-order valence-electron chi connectivity index (χ0n) is 8.31. The number of methoxy groups -OCH3 is 1. The molecule has 0 aliphatic heterocycles. The number of rotatable bonds is 4. The van der Waals surface area contributed by atoms with Crippen LogP contribution in [0.5, 0.6) is 5.75 Å². The van der Waals surface area contributed by atoms with Crippen molar-refractivity contribution in [3.05, 3.63) is 27.6 Å². The molecule has 0 aliphatic carbocycles. The van der Waals surface area contributed by atoms with Crippen molar-refractivity contribution in [1.82, 2.24) is 4.98 Å². The van der Waals surface area contributed by atoms with Crippen LogP contribution in [0.3, 0.4) is 0 Å². The molecule has 6 nitrogen and oxygen atoms in total. The molecule has 0 spiro atoms. The molecule has 0 amide bonds. The second kappa shape index (κ2) is 4.79. The topological polar surface area (TPSA) is 91.3 Å². The Morgan fingerprint density at radius 1 is 1.69 bits per heavy atom. The first-order chi connectivity index (χ1) is 7.51. The summed E-state index contributed by atoms with van der Waals surface area (Å²) in [7, 11) is 1.07. The minimum absolute atomic E-state index is 0.0165. The quantitative estimate of drug-likeness (QED) is 0.626. The van der Waals surface area contributed by atoms with Gasteiger partial charge in [0.1, 0.15) is 0 Å². The lowest BCUT2D eigenvalue weighted by Gasteiger charge is -2.08. The molecule has 0 aromatic carbocycles. The zero-order chi connectivity index (χ0) is 12.3. The largest absolute Gasteiger partial charge is 0.489 e. The monoisotopic (exact) mass is 233 g/mol. The lowest BCUT2D eigenvalue weighted by atomic mass is 10.2. The Kier molecular flexibility index (Phi) is 3.67. The van der Waals surface area contributed by atoms with Crippen LogP contribution in [0.4, 0.5) is 14.5 Å². The van der Waals surface area contributed by atoms with E-state index in [2.05, 4.69) is 9.72 Å². The van der Waals surface area contributed by atoms with Gasteiger partial charge in [0.25, 0.3) is 6.43 Å². The second-order valence-corrected chi connectivity index (χ2v) is 2.81. The molecule has 2 N–H and O–H groups in total. The van der Waals surface area contributed by atoms with Gasteiger partial charge in [-0.1, -0.05) is 0 Å². The summed E-state index contributed by atoms with van der Waals surface area (Å²) in [6.07, 6.45) is -2.96. The van der Waals surface area contributed by atoms with E-state index in [9.17, 15) is 18.9 Å². The van der Waals surface area contributed by atoms with Crippen molar-refractivity contribution in [2.45, 2.75) is 13.0 Å². The van der Waals surface area contributed by atoms with Crippen LogP contribution in [0.25, 0.3) is 0 Å². The first-order valence-electron chi connectivity index (χ1n) is 4.21. The highest BCUT2D eigenvalue weighted by Crippen LogP contribution is 2.35. The third-order valence-corrected chi connectivity index (χ3v) is 1.85. The predicted octanol–water partition coefficient (Wildman–Crippen LogP) is 1.39. The van der Waals surface area contributed by atoms with E-state index in [1.807, 2.05) is 0 Å². The highest BCUT2D eigenvalue weighted by atomic mass is 19.3. The average Bonchev–Trinajstić information content (AvgIpc) is 2.26. The summed E-state index contributed by atoms with van der Waals surface area (Å²) in [4.78, 5) is 13.3. The number of hydrogen-bond donors (Lipinski definition) is 1. The molecule has 0 bridgehead atoms. The molecule has 88 valence electrons. The molecular formula is C8H9F2N3O3.